The highest BCUT2D eigenvalue weighted by atomic mass is 79.9. The number of nitrogens with one attached hydrogen (secondary N) is 1. The molecule has 1 aliphatic heterocycles. The van der Waals surface area contributed by atoms with E-state index in [4.69, 9.17) is 16.3 Å². The molecule has 0 saturated carbocycles. The number of aromatic hydroxyl groups is 1. The molecule has 0 aromatic heterocycles. The number of anilines is 1. The van der Waals surface area contributed by atoms with Gasteiger partial charge in [0, 0.05) is 11.6 Å². The highest BCUT2D eigenvalue weighted by molar-refractivity contribution is 9.10. The molecule has 0 spiro atoms. The van der Waals surface area contributed by atoms with Crippen molar-refractivity contribution in [2.24, 2.45) is 0 Å². The number of hydrogen-bond donors (Lipinski definition) is 2. The van der Waals surface area contributed by atoms with Crippen LogP contribution in [-0.4, -0.2) is 11.7 Å². The third-order valence-electron chi connectivity index (χ3n) is 3.06. The zero-order valence-electron chi connectivity index (χ0n) is 9.86. The van der Waals surface area contributed by atoms with E-state index in [0.29, 0.717) is 11.6 Å². The largest absolute Gasteiger partial charge is 0.508 e. The third kappa shape index (κ3) is 2.38. The minimum atomic E-state index is 0.0466. The first-order valence-corrected chi connectivity index (χ1v) is 6.98. The molecule has 1 atom stereocenters. The number of ether oxygens (including phenoxy) is 1. The lowest BCUT2D eigenvalue weighted by molar-refractivity contribution is 0.338. The number of hydrogen-bond acceptors (Lipinski definition) is 3. The first-order valence-electron chi connectivity index (χ1n) is 5.81. The zero-order chi connectivity index (χ0) is 13.4. The minimum Gasteiger partial charge on any atom is -0.508 e. The summed E-state index contributed by atoms with van der Waals surface area (Å²) < 4.78 is 6.40. The van der Waals surface area contributed by atoms with Gasteiger partial charge in [0.1, 0.15) is 18.1 Å². The van der Waals surface area contributed by atoms with Gasteiger partial charge in [-0.2, -0.15) is 0 Å². The van der Waals surface area contributed by atoms with Gasteiger partial charge < -0.3 is 15.2 Å². The van der Waals surface area contributed by atoms with Gasteiger partial charge in [0.15, 0.2) is 0 Å². The summed E-state index contributed by atoms with van der Waals surface area (Å²) in [6.07, 6.45) is 0. The molecule has 0 aliphatic carbocycles. The number of halogens is 2. The summed E-state index contributed by atoms with van der Waals surface area (Å²) in [6, 6.07) is 10.9. The van der Waals surface area contributed by atoms with E-state index in [2.05, 4.69) is 21.2 Å². The lowest BCUT2D eigenvalue weighted by Crippen LogP contribution is -2.12. The van der Waals surface area contributed by atoms with Crippen molar-refractivity contribution in [2.75, 3.05) is 11.9 Å². The van der Waals surface area contributed by atoms with E-state index in [9.17, 15) is 5.11 Å². The summed E-state index contributed by atoms with van der Waals surface area (Å²) in [7, 11) is 0. The Morgan fingerprint density at radius 1 is 1.32 bits per heavy atom. The predicted octanol–water partition coefficient (Wildman–Crippen LogP) is 4.35. The number of phenolic OH excluding ortho intramolecular Hbond substituents is 1. The average molecular weight is 341 g/mol. The Hall–Kier alpha value is -1.39. The van der Waals surface area contributed by atoms with Crippen LogP contribution >= 0.6 is 27.5 Å². The monoisotopic (exact) mass is 339 g/mol. The van der Waals surface area contributed by atoms with Gasteiger partial charge in [0.25, 0.3) is 0 Å². The molecule has 0 amide bonds. The maximum absolute atomic E-state index is 9.43. The lowest BCUT2D eigenvalue weighted by Gasteiger charge is -2.15. The first-order chi connectivity index (χ1) is 9.15. The molecule has 3 nitrogen and oxygen atoms in total. The molecule has 19 heavy (non-hydrogen) atoms. The van der Waals surface area contributed by atoms with Gasteiger partial charge in [-0.25, -0.2) is 0 Å². The zero-order valence-corrected chi connectivity index (χ0v) is 12.2. The molecule has 98 valence electrons. The summed E-state index contributed by atoms with van der Waals surface area (Å²) in [5.74, 6) is 0.930. The van der Waals surface area contributed by atoms with Crippen LogP contribution < -0.4 is 10.1 Å². The van der Waals surface area contributed by atoms with Crippen LogP contribution in [0.2, 0.25) is 5.02 Å². The van der Waals surface area contributed by atoms with Crippen LogP contribution in [-0.2, 0) is 0 Å². The van der Waals surface area contributed by atoms with Crippen molar-refractivity contribution < 1.29 is 9.84 Å². The van der Waals surface area contributed by atoms with Gasteiger partial charge in [-0.05, 0) is 40.2 Å². The first kappa shape index (κ1) is 12.6. The second kappa shape index (κ2) is 4.94. The number of rotatable bonds is 2. The molecule has 1 aliphatic rings. The van der Waals surface area contributed by atoms with Crippen molar-refractivity contribution in [1.82, 2.24) is 0 Å². The fourth-order valence-corrected chi connectivity index (χ4v) is 2.67. The summed E-state index contributed by atoms with van der Waals surface area (Å²) in [6.45, 7) is 0.526. The van der Waals surface area contributed by atoms with Crippen LogP contribution in [0.5, 0.6) is 11.5 Å². The summed E-state index contributed by atoms with van der Waals surface area (Å²) >= 11 is 9.53. The smallest absolute Gasteiger partial charge is 0.128 e. The standard InChI is InChI=1S/C14H11BrClNO2/c15-14-10(16)2-1-3-11(14)17-12-7-19-13-6-8(18)4-5-9(12)13/h1-6,12,17-18H,7H2. The Labute approximate surface area is 124 Å². The van der Waals surface area contributed by atoms with Crippen LogP contribution in [0.3, 0.4) is 0 Å². The van der Waals surface area contributed by atoms with E-state index in [1.165, 1.54) is 0 Å². The van der Waals surface area contributed by atoms with Gasteiger partial charge in [-0.3, -0.25) is 0 Å². The Balaban J connectivity index is 1.89. The van der Waals surface area contributed by atoms with Gasteiger partial charge in [0.2, 0.25) is 0 Å². The molecule has 2 N–H and O–H groups in total. The second-order valence-corrected chi connectivity index (χ2v) is 5.53. The lowest BCUT2D eigenvalue weighted by atomic mass is 10.1. The predicted molar refractivity (Wildman–Crippen MR) is 79.1 cm³/mol. The molecule has 3 rings (SSSR count). The van der Waals surface area contributed by atoms with Crippen molar-refractivity contribution in [3.8, 4) is 11.5 Å². The molecule has 2 aromatic carbocycles. The Kier molecular flexibility index (Phi) is 3.29. The maximum Gasteiger partial charge on any atom is 0.128 e. The van der Waals surface area contributed by atoms with E-state index in [0.717, 1.165) is 21.5 Å². The second-order valence-electron chi connectivity index (χ2n) is 4.33. The topological polar surface area (TPSA) is 41.5 Å². The van der Waals surface area contributed by atoms with Gasteiger partial charge in [0.05, 0.1) is 21.2 Å². The van der Waals surface area contributed by atoms with Crippen LogP contribution in [0.25, 0.3) is 0 Å². The fraction of sp³-hybridized carbons (Fsp3) is 0.143. The van der Waals surface area contributed by atoms with Crippen LogP contribution in [0.15, 0.2) is 40.9 Å². The van der Waals surface area contributed by atoms with Crippen molar-refractivity contribution in [3.63, 3.8) is 0 Å². The highest BCUT2D eigenvalue weighted by Crippen LogP contribution is 2.39. The van der Waals surface area contributed by atoms with E-state index in [-0.39, 0.29) is 11.8 Å². The summed E-state index contributed by atoms with van der Waals surface area (Å²) in [4.78, 5) is 0. The highest BCUT2D eigenvalue weighted by Gasteiger charge is 2.24. The summed E-state index contributed by atoms with van der Waals surface area (Å²) in [5.41, 5.74) is 1.95. The molecular weight excluding hydrogens is 330 g/mol. The fourth-order valence-electron chi connectivity index (χ4n) is 2.12. The molecule has 2 aromatic rings. The maximum atomic E-state index is 9.43. The van der Waals surface area contributed by atoms with Crippen molar-refractivity contribution in [3.05, 3.63) is 51.5 Å². The van der Waals surface area contributed by atoms with E-state index >= 15 is 0 Å². The molecule has 0 fully saturated rings. The van der Waals surface area contributed by atoms with E-state index in [1.807, 2.05) is 24.3 Å². The molecular formula is C14H11BrClNO2. The van der Waals surface area contributed by atoms with Crippen molar-refractivity contribution >= 4 is 33.2 Å². The normalized spacial score (nSPS) is 16.8. The molecule has 0 radical (unpaired) electrons. The minimum absolute atomic E-state index is 0.0466. The summed E-state index contributed by atoms with van der Waals surface area (Å²) in [5, 5.41) is 13.5. The third-order valence-corrected chi connectivity index (χ3v) is 4.46. The number of fused-ring (bicyclic) bond motifs is 1. The number of benzene rings is 2. The quantitative estimate of drug-likeness (QED) is 0.854. The van der Waals surface area contributed by atoms with Gasteiger partial charge in [-0.15, -0.1) is 0 Å². The Bertz CT molecular complexity index is 633. The van der Waals surface area contributed by atoms with E-state index < -0.39 is 0 Å². The van der Waals surface area contributed by atoms with Crippen molar-refractivity contribution in [2.45, 2.75) is 6.04 Å². The van der Waals surface area contributed by atoms with Crippen LogP contribution in [0, 0.1) is 0 Å². The van der Waals surface area contributed by atoms with Gasteiger partial charge >= 0.3 is 0 Å². The van der Waals surface area contributed by atoms with Crippen LogP contribution in [0.4, 0.5) is 5.69 Å². The molecule has 0 bridgehead atoms. The molecule has 0 saturated heterocycles. The SMILES string of the molecule is Oc1ccc2c(c1)OCC2Nc1cccc(Cl)c1Br. The number of phenols is 1. The average Bonchev–Trinajstić information content (AvgIpc) is 2.77. The molecule has 5 heteroatoms. The van der Waals surface area contributed by atoms with E-state index in [1.54, 1.807) is 12.1 Å². The molecule has 1 heterocycles. The molecule has 1 unspecified atom stereocenters. The van der Waals surface area contributed by atoms with Gasteiger partial charge in [-0.1, -0.05) is 17.7 Å². The Morgan fingerprint density at radius 2 is 2.16 bits per heavy atom. The Morgan fingerprint density at radius 3 is 3.00 bits per heavy atom. The van der Waals surface area contributed by atoms with Crippen molar-refractivity contribution in [1.29, 1.82) is 0 Å². The van der Waals surface area contributed by atoms with Crippen LogP contribution in [0.1, 0.15) is 11.6 Å².